The maximum Gasteiger partial charge on any atom is 0.261 e. The maximum atomic E-state index is 12.1. The summed E-state index contributed by atoms with van der Waals surface area (Å²) in [6.45, 7) is 2.76. The van der Waals surface area contributed by atoms with Crippen LogP contribution in [0.25, 0.3) is 0 Å². The van der Waals surface area contributed by atoms with Crippen LogP contribution >= 0.6 is 38.9 Å². The van der Waals surface area contributed by atoms with Crippen molar-refractivity contribution < 1.29 is 4.79 Å². The number of nitrogens with one attached hydrogen (secondary N) is 1. The van der Waals surface area contributed by atoms with E-state index in [1.807, 2.05) is 13.0 Å². The van der Waals surface area contributed by atoms with Crippen LogP contribution in [-0.4, -0.2) is 18.3 Å². The van der Waals surface area contributed by atoms with E-state index in [-0.39, 0.29) is 5.91 Å². The van der Waals surface area contributed by atoms with E-state index in [0.717, 1.165) is 20.8 Å². The van der Waals surface area contributed by atoms with Crippen molar-refractivity contribution in [3.05, 3.63) is 20.3 Å². The molecule has 0 bridgehead atoms. The van der Waals surface area contributed by atoms with E-state index in [1.165, 1.54) is 37.0 Å². The second-order valence-corrected chi connectivity index (χ2v) is 7.92. The minimum atomic E-state index is 0.0395. The van der Waals surface area contributed by atoms with Crippen LogP contribution in [0.3, 0.4) is 0 Å². The predicted octanol–water partition coefficient (Wildman–Crippen LogP) is 4.59. The van der Waals surface area contributed by atoms with E-state index in [1.54, 1.807) is 0 Å². The van der Waals surface area contributed by atoms with E-state index in [4.69, 9.17) is 11.6 Å². The first kappa shape index (κ1) is 15.3. The second kappa shape index (κ2) is 7.09. The average Bonchev–Trinajstić information content (AvgIpc) is 2.76. The summed E-state index contributed by atoms with van der Waals surface area (Å²) in [6, 6.07) is 1.93. The lowest BCUT2D eigenvalue weighted by Crippen LogP contribution is -2.34. The third-order valence-electron chi connectivity index (χ3n) is 3.87. The molecular weight excluding hydrogens is 346 g/mol. The number of carbonyl (C=O) groups is 1. The van der Waals surface area contributed by atoms with Gasteiger partial charge in [-0.1, -0.05) is 12.8 Å². The number of hydrogen-bond acceptors (Lipinski definition) is 2. The highest BCUT2D eigenvalue weighted by Gasteiger charge is 2.25. The molecule has 0 radical (unpaired) electrons. The molecule has 1 saturated carbocycles. The molecule has 1 amide bonds. The Labute approximate surface area is 132 Å². The SMILES string of the molecule is Cc1cc(C(=O)NCC2CCCCC2CCl)sc1Br. The van der Waals surface area contributed by atoms with Crippen molar-refractivity contribution in [2.24, 2.45) is 11.8 Å². The normalized spacial score (nSPS) is 23.3. The molecule has 1 N–H and O–H groups in total. The predicted molar refractivity (Wildman–Crippen MR) is 85.3 cm³/mol. The van der Waals surface area contributed by atoms with Gasteiger partial charge in [0.25, 0.3) is 5.91 Å². The molecule has 0 saturated heterocycles. The topological polar surface area (TPSA) is 29.1 Å². The first-order chi connectivity index (χ1) is 9.11. The van der Waals surface area contributed by atoms with Crippen LogP contribution < -0.4 is 5.32 Å². The second-order valence-electron chi connectivity index (χ2n) is 5.24. The van der Waals surface area contributed by atoms with Crippen molar-refractivity contribution in [1.82, 2.24) is 5.32 Å². The molecule has 0 aromatic carbocycles. The molecular formula is C14H19BrClNOS. The van der Waals surface area contributed by atoms with Gasteiger partial charge in [0.1, 0.15) is 0 Å². The zero-order chi connectivity index (χ0) is 13.8. The highest BCUT2D eigenvalue weighted by molar-refractivity contribution is 9.11. The molecule has 1 aliphatic carbocycles. The van der Waals surface area contributed by atoms with Crippen LogP contribution in [0.5, 0.6) is 0 Å². The summed E-state index contributed by atoms with van der Waals surface area (Å²) in [6.07, 6.45) is 4.93. The Bertz CT molecular complexity index is 429. The van der Waals surface area contributed by atoms with Gasteiger partial charge in [0.15, 0.2) is 0 Å². The fraction of sp³-hybridized carbons (Fsp3) is 0.643. The van der Waals surface area contributed by atoms with E-state index >= 15 is 0 Å². The zero-order valence-electron chi connectivity index (χ0n) is 11.0. The molecule has 1 aromatic heterocycles. The largest absolute Gasteiger partial charge is 0.351 e. The molecule has 0 aliphatic heterocycles. The Morgan fingerprint density at radius 2 is 2.16 bits per heavy atom. The molecule has 2 nitrogen and oxygen atoms in total. The Balaban J connectivity index is 1.89. The van der Waals surface area contributed by atoms with Crippen LogP contribution in [0.2, 0.25) is 0 Å². The van der Waals surface area contributed by atoms with Crippen molar-refractivity contribution in [1.29, 1.82) is 0 Å². The lowest BCUT2D eigenvalue weighted by atomic mass is 9.80. The number of aryl methyl sites for hydroxylation is 1. The Hall–Kier alpha value is -0.0600. The Morgan fingerprint density at radius 3 is 2.74 bits per heavy atom. The van der Waals surface area contributed by atoms with Crippen molar-refractivity contribution in [3.8, 4) is 0 Å². The highest BCUT2D eigenvalue weighted by Crippen LogP contribution is 2.31. The van der Waals surface area contributed by atoms with Gasteiger partial charge in [0.2, 0.25) is 0 Å². The summed E-state index contributed by atoms with van der Waals surface area (Å²) in [7, 11) is 0. The van der Waals surface area contributed by atoms with E-state index in [9.17, 15) is 4.79 Å². The lowest BCUT2D eigenvalue weighted by molar-refractivity contribution is 0.0940. The van der Waals surface area contributed by atoms with Crippen molar-refractivity contribution in [2.45, 2.75) is 32.6 Å². The number of carbonyl (C=O) groups excluding carboxylic acids is 1. The molecule has 2 rings (SSSR count). The van der Waals surface area contributed by atoms with Gasteiger partial charge in [-0.05, 0) is 59.2 Å². The van der Waals surface area contributed by atoms with Crippen LogP contribution in [0.15, 0.2) is 9.85 Å². The standard InChI is InChI=1S/C14H19BrClNOS/c1-9-6-12(19-13(9)15)14(18)17-8-11-5-3-2-4-10(11)7-16/h6,10-11H,2-5,7-8H2,1H3,(H,17,18). The van der Waals surface area contributed by atoms with Gasteiger partial charge in [-0.3, -0.25) is 4.79 Å². The van der Waals surface area contributed by atoms with E-state index in [0.29, 0.717) is 17.7 Å². The lowest BCUT2D eigenvalue weighted by Gasteiger charge is -2.30. The number of rotatable bonds is 4. The Kier molecular flexibility index (Phi) is 5.72. The summed E-state index contributed by atoms with van der Waals surface area (Å²) in [5, 5.41) is 3.07. The molecule has 1 aromatic rings. The fourth-order valence-corrected chi connectivity index (χ4v) is 4.50. The van der Waals surface area contributed by atoms with Crippen molar-refractivity contribution >= 4 is 44.8 Å². The van der Waals surface area contributed by atoms with Gasteiger partial charge in [0.05, 0.1) is 8.66 Å². The van der Waals surface area contributed by atoms with E-state index < -0.39 is 0 Å². The van der Waals surface area contributed by atoms with Crippen LogP contribution in [0.1, 0.15) is 40.9 Å². The molecule has 0 spiro atoms. The first-order valence-electron chi connectivity index (χ1n) is 6.72. The van der Waals surface area contributed by atoms with Gasteiger partial charge >= 0.3 is 0 Å². The molecule has 2 unspecified atom stereocenters. The summed E-state index contributed by atoms with van der Waals surface area (Å²) in [5.74, 6) is 1.86. The average molecular weight is 365 g/mol. The maximum absolute atomic E-state index is 12.1. The molecule has 1 fully saturated rings. The van der Waals surface area contributed by atoms with Crippen LogP contribution in [0.4, 0.5) is 0 Å². The van der Waals surface area contributed by atoms with Crippen molar-refractivity contribution in [3.63, 3.8) is 0 Å². The van der Waals surface area contributed by atoms with Gasteiger partial charge in [-0.2, -0.15) is 0 Å². The van der Waals surface area contributed by atoms with Gasteiger partial charge < -0.3 is 5.32 Å². The minimum absolute atomic E-state index is 0.0395. The quantitative estimate of drug-likeness (QED) is 0.778. The monoisotopic (exact) mass is 363 g/mol. The number of hydrogen-bond donors (Lipinski definition) is 1. The van der Waals surface area contributed by atoms with Gasteiger partial charge in [0, 0.05) is 12.4 Å². The zero-order valence-corrected chi connectivity index (χ0v) is 14.2. The smallest absolute Gasteiger partial charge is 0.261 e. The van der Waals surface area contributed by atoms with Crippen LogP contribution in [0, 0.1) is 18.8 Å². The number of amides is 1. The van der Waals surface area contributed by atoms with Gasteiger partial charge in [-0.15, -0.1) is 22.9 Å². The summed E-state index contributed by atoms with van der Waals surface area (Å²) in [4.78, 5) is 12.9. The summed E-state index contributed by atoms with van der Waals surface area (Å²) in [5.41, 5.74) is 1.12. The third-order valence-corrected chi connectivity index (χ3v) is 6.40. The summed E-state index contributed by atoms with van der Waals surface area (Å²) >= 11 is 11.0. The van der Waals surface area contributed by atoms with E-state index in [2.05, 4.69) is 21.2 Å². The highest BCUT2D eigenvalue weighted by atomic mass is 79.9. The van der Waals surface area contributed by atoms with Gasteiger partial charge in [-0.25, -0.2) is 0 Å². The third kappa shape index (κ3) is 3.96. The molecule has 1 heterocycles. The number of halogens is 2. The molecule has 106 valence electrons. The fourth-order valence-electron chi connectivity index (χ4n) is 2.64. The van der Waals surface area contributed by atoms with Crippen LogP contribution in [-0.2, 0) is 0 Å². The van der Waals surface area contributed by atoms with Crippen molar-refractivity contribution in [2.75, 3.05) is 12.4 Å². The molecule has 1 aliphatic rings. The first-order valence-corrected chi connectivity index (χ1v) is 8.86. The Morgan fingerprint density at radius 1 is 1.47 bits per heavy atom. The summed E-state index contributed by atoms with van der Waals surface area (Å²) < 4.78 is 1.04. The number of thiophene rings is 1. The molecule has 19 heavy (non-hydrogen) atoms. The number of alkyl halides is 1. The molecule has 5 heteroatoms. The molecule has 2 atom stereocenters. The minimum Gasteiger partial charge on any atom is -0.351 e.